The third-order valence-electron chi connectivity index (χ3n) is 1.36. The molecular weight excluding hydrogens is 194 g/mol. The molecule has 0 aromatic heterocycles. The number of aliphatic hydroxyl groups is 1. The predicted octanol–water partition coefficient (Wildman–Crippen LogP) is 1.10. The summed E-state index contributed by atoms with van der Waals surface area (Å²) in [6.07, 6.45) is 1.90. The van der Waals surface area contributed by atoms with Gasteiger partial charge in [-0.05, 0) is 33.4 Å². The van der Waals surface area contributed by atoms with E-state index in [1.807, 2.05) is 21.0 Å². The SMILES string of the molecule is C=C(CCCO)C(=O)OCCC.CNC. The third kappa shape index (κ3) is 13.1. The van der Waals surface area contributed by atoms with Crippen molar-refractivity contribution in [2.75, 3.05) is 27.3 Å². The van der Waals surface area contributed by atoms with Gasteiger partial charge in [0, 0.05) is 12.2 Å². The van der Waals surface area contributed by atoms with Crippen LogP contribution in [0.1, 0.15) is 26.2 Å². The molecule has 0 rings (SSSR count). The van der Waals surface area contributed by atoms with Gasteiger partial charge in [-0.25, -0.2) is 4.79 Å². The third-order valence-corrected chi connectivity index (χ3v) is 1.36. The second-order valence-corrected chi connectivity index (χ2v) is 3.07. The lowest BCUT2D eigenvalue weighted by atomic mass is 10.2. The van der Waals surface area contributed by atoms with Gasteiger partial charge in [0.2, 0.25) is 0 Å². The van der Waals surface area contributed by atoms with E-state index in [2.05, 4.69) is 11.9 Å². The number of hydrogen-bond acceptors (Lipinski definition) is 4. The maximum Gasteiger partial charge on any atom is 0.333 e. The summed E-state index contributed by atoms with van der Waals surface area (Å²) in [5, 5.41) is 11.2. The van der Waals surface area contributed by atoms with Crippen molar-refractivity contribution in [2.45, 2.75) is 26.2 Å². The first-order valence-electron chi connectivity index (χ1n) is 5.18. The van der Waals surface area contributed by atoms with Crippen LogP contribution in [0.4, 0.5) is 0 Å². The van der Waals surface area contributed by atoms with Gasteiger partial charge in [0.05, 0.1) is 6.61 Å². The molecule has 0 amide bonds. The molecule has 0 aromatic carbocycles. The molecule has 0 aliphatic carbocycles. The molecule has 0 aliphatic heterocycles. The Labute approximate surface area is 92.3 Å². The second-order valence-electron chi connectivity index (χ2n) is 3.07. The van der Waals surface area contributed by atoms with Gasteiger partial charge in [-0.3, -0.25) is 0 Å². The molecule has 0 spiro atoms. The Balaban J connectivity index is 0. The second kappa shape index (κ2) is 13.1. The average Bonchev–Trinajstić information content (AvgIpc) is 2.23. The lowest BCUT2D eigenvalue weighted by molar-refractivity contribution is -0.139. The van der Waals surface area contributed by atoms with Crippen molar-refractivity contribution in [3.05, 3.63) is 12.2 Å². The quantitative estimate of drug-likeness (QED) is 0.517. The van der Waals surface area contributed by atoms with Crippen LogP contribution in [-0.4, -0.2) is 38.4 Å². The van der Waals surface area contributed by atoms with Crippen molar-refractivity contribution in [3.63, 3.8) is 0 Å². The van der Waals surface area contributed by atoms with Crippen LogP contribution in [0.2, 0.25) is 0 Å². The fourth-order valence-corrected chi connectivity index (χ4v) is 0.691. The topological polar surface area (TPSA) is 58.6 Å². The average molecular weight is 217 g/mol. The van der Waals surface area contributed by atoms with Gasteiger partial charge in [-0.15, -0.1) is 0 Å². The molecule has 0 atom stereocenters. The van der Waals surface area contributed by atoms with Crippen molar-refractivity contribution in [3.8, 4) is 0 Å². The molecule has 0 aromatic rings. The molecule has 4 nitrogen and oxygen atoms in total. The Morgan fingerprint density at radius 3 is 2.40 bits per heavy atom. The number of nitrogens with one attached hydrogen (secondary N) is 1. The zero-order valence-electron chi connectivity index (χ0n) is 10.0. The van der Waals surface area contributed by atoms with E-state index in [-0.39, 0.29) is 12.6 Å². The Morgan fingerprint density at radius 2 is 2.00 bits per heavy atom. The first-order chi connectivity index (χ1) is 7.13. The summed E-state index contributed by atoms with van der Waals surface area (Å²) in [6.45, 7) is 6.02. The Kier molecular flexibility index (Phi) is 14.5. The summed E-state index contributed by atoms with van der Waals surface area (Å²) in [4.78, 5) is 11.0. The van der Waals surface area contributed by atoms with E-state index < -0.39 is 0 Å². The van der Waals surface area contributed by atoms with Crippen LogP contribution in [0.5, 0.6) is 0 Å². The van der Waals surface area contributed by atoms with Gasteiger partial charge in [0.25, 0.3) is 0 Å². The van der Waals surface area contributed by atoms with Gasteiger partial charge >= 0.3 is 5.97 Å². The molecule has 4 heteroatoms. The molecule has 0 radical (unpaired) electrons. The first-order valence-corrected chi connectivity index (χ1v) is 5.18. The molecule has 0 saturated heterocycles. The molecule has 2 N–H and O–H groups in total. The van der Waals surface area contributed by atoms with Crippen LogP contribution in [0.25, 0.3) is 0 Å². The molecule has 0 heterocycles. The van der Waals surface area contributed by atoms with E-state index in [0.29, 0.717) is 25.0 Å². The zero-order valence-corrected chi connectivity index (χ0v) is 10.0. The molecular formula is C11H23NO3. The first kappa shape index (κ1) is 16.6. The lowest BCUT2D eigenvalue weighted by Gasteiger charge is -2.04. The van der Waals surface area contributed by atoms with Crippen LogP contribution < -0.4 is 5.32 Å². The van der Waals surface area contributed by atoms with Gasteiger partial charge in [0.15, 0.2) is 0 Å². The number of hydrogen-bond donors (Lipinski definition) is 2. The van der Waals surface area contributed by atoms with Gasteiger partial charge in [-0.1, -0.05) is 13.5 Å². The van der Waals surface area contributed by atoms with Gasteiger partial charge in [-0.2, -0.15) is 0 Å². The highest BCUT2D eigenvalue weighted by atomic mass is 16.5. The molecule has 0 bridgehead atoms. The number of esters is 1. The van der Waals surface area contributed by atoms with Crippen molar-refractivity contribution in [2.24, 2.45) is 0 Å². The summed E-state index contributed by atoms with van der Waals surface area (Å²) in [7, 11) is 3.75. The van der Waals surface area contributed by atoms with Gasteiger partial charge < -0.3 is 15.2 Å². The maximum atomic E-state index is 11.0. The number of carbonyl (C=O) groups excluding carboxylic acids is 1. The van der Waals surface area contributed by atoms with E-state index in [1.54, 1.807) is 0 Å². The standard InChI is InChI=1S/C9H16O3.C2H7N/c1-3-7-12-9(11)8(2)5-4-6-10;1-3-2/h10H,2-7H2,1H3;3H,1-2H3. The Hall–Kier alpha value is -0.870. The van der Waals surface area contributed by atoms with Crippen molar-refractivity contribution < 1.29 is 14.6 Å². The number of carbonyl (C=O) groups is 1. The summed E-state index contributed by atoms with van der Waals surface area (Å²) < 4.78 is 4.83. The van der Waals surface area contributed by atoms with Crippen LogP contribution >= 0.6 is 0 Å². The fraction of sp³-hybridized carbons (Fsp3) is 0.727. The zero-order chi connectivity index (χ0) is 12.1. The summed E-state index contributed by atoms with van der Waals surface area (Å²) in [6, 6.07) is 0. The molecule has 15 heavy (non-hydrogen) atoms. The molecule has 0 saturated carbocycles. The molecule has 0 fully saturated rings. The minimum absolute atomic E-state index is 0.0834. The van der Waals surface area contributed by atoms with E-state index >= 15 is 0 Å². The summed E-state index contributed by atoms with van der Waals surface area (Å²) >= 11 is 0. The number of ether oxygens (including phenoxy) is 1. The van der Waals surface area contributed by atoms with Gasteiger partial charge in [0.1, 0.15) is 0 Å². The Bertz CT molecular complexity index is 151. The lowest BCUT2D eigenvalue weighted by Crippen LogP contribution is -2.08. The molecule has 90 valence electrons. The highest BCUT2D eigenvalue weighted by Crippen LogP contribution is 2.04. The van der Waals surface area contributed by atoms with Crippen LogP contribution in [0.15, 0.2) is 12.2 Å². The highest BCUT2D eigenvalue weighted by molar-refractivity contribution is 5.87. The van der Waals surface area contributed by atoms with E-state index in [4.69, 9.17) is 9.84 Å². The fourth-order valence-electron chi connectivity index (χ4n) is 0.691. The number of rotatable bonds is 6. The molecule has 0 aliphatic rings. The highest BCUT2D eigenvalue weighted by Gasteiger charge is 2.06. The maximum absolute atomic E-state index is 11.0. The smallest absolute Gasteiger partial charge is 0.333 e. The normalized spacial score (nSPS) is 8.80. The molecule has 0 unspecified atom stereocenters. The summed E-state index contributed by atoms with van der Waals surface area (Å²) in [5.41, 5.74) is 0.442. The Morgan fingerprint density at radius 1 is 1.47 bits per heavy atom. The monoisotopic (exact) mass is 217 g/mol. The summed E-state index contributed by atoms with van der Waals surface area (Å²) in [5.74, 6) is -0.342. The minimum Gasteiger partial charge on any atom is -0.462 e. The van der Waals surface area contributed by atoms with Crippen LogP contribution in [0.3, 0.4) is 0 Å². The van der Waals surface area contributed by atoms with Crippen molar-refractivity contribution in [1.82, 2.24) is 5.32 Å². The predicted molar refractivity (Wildman–Crippen MR) is 61.7 cm³/mol. The number of aliphatic hydroxyl groups excluding tert-OH is 1. The van der Waals surface area contributed by atoms with E-state index in [0.717, 1.165) is 6.42 Å². The van der Waals surface area contributed by atoms with E-state index in [1.165, 1.54) is 0 Å². The minimum atomic E-state index is -0.342. The van der Waals surface area contributed by atoms with Crippen molar-refractivity contribution in [1.29, 1.82) is 0 Å². The van der Waals surface area contributed by atoms with E-state index in [9.17, 15) is 4.79 Å². The van der Waals surface area contributed by atoms with Crippen molar-refractivity contribution >= 4 is 5.97 Å². The largest absolute Gasteiger partial charge is 0.462 e. The van der Waals surface area contributed by atoms with Crippen LogP contribution in [-0.2, 0) is 9.53 Å². The van der Waals surface area contributed by atoms with Crippen LogP contribution in [0, 0.1) is 0 Å².